The van der Waals surface area contributed by atoms with Crippen molar-refractivity contribution in [2.75, 3.05) is 26.7 Å². The van der Waals surface area contributed by atoms with Crippen molar-refractivity contribution in [1.82, 2.24) is 14.8 Å². The van der Waals surface area contributed by atoms with Crippen molar-refractivity contribution in [1.29, 1.82) is 0 Å². The maximum atomic E-state index is 12.8. The van der Waals surface area contributed by atoms with Crippen molar-refractivity contribution in [3.05, 3.63) is 57.5 Å². The molecule has 4 heterocycles. The number of carbonyl (C=O) groups is 1. The molecule has 0 radical (unpaired) electrons. The molecule has 5 rings (SSSR count). The van der Waals surface area contributed by atoms with Gasteiger partial charge in [0.2, 0.25) is 0 Å². The van der Waals surface area contributed by atoms with Crippen molar-refractivity contribution < 1.29 is 9.53 Å². The van der Waals surface area contributed by atoms with E-state index in [1.807, 2.05) is 0 Å². The third-order valence-corrected chi connectivity index (χ3v) is 5.85. The number of amides is 1. The Kier molecular flexibility index (Phi) is 4.93. The maximum absolute atomic E-state index is 12.8. The second kappa shape index (κ2) is 7.37. The number of hydrogen-bond acceptors (Lipinski definition) is 4. The van der Waals surface area contributed by atoms with Crippen molar-refractivity contribution in [2.24, 2.45) is 5.92 Å². The first-order chi connectivity index (χ1) is 13.0. The van der Waals surface area contributed by atoms with Crippen molar-refractivity contribution in [3.63, 3.8) is 0 Å². The number of rotatable bonds is 4. The molecule has 2 bridgehead atoms. The molecule has 1 atom stereocenters. The highest BCUT2D eigenvalue weighted by Crippen LogP contribution is 2.28. The number of methoxy groups -OCH3 is 1. The van der Waals surface area contributed by atoms with Crippen LogP contribution in [0.4, 0.5) is 0 Å². The van der Waals surface area contributed by atoms with Crippen LogP contribution in [0.1, 0.15) is 23.2 Å². The predicted molar refractivity (Wildman–Crippen MR) is 104 cm³/mol. The lowest BCUT2D eigenvalue weighted by atomic mass is 9.84. The molecule has 1 unspecified atom stereocenters. The van der Waals surface area contributed by atoms with Crippen LogP contribution in [0, 0.1) is 5.92 Å². The molecular formula is C20H22ClN3O3. The van der Waals surface area contributed by atoms with Gasteiger partial charge in [-0.3, -0.25) is 14.2 Å². The van der Waals surface area contributed by atoms with Gasteiger partial charge in [-0.05, 0) is 56.1 Å². The third-order valence-electron chi connectivity index (χ3n) is 5.56. The van der Waals surface area contributed by atoms with Gasteiger partial charge in [0.15, 0.2) is 0 Å². The molecule has 3 aliphatic rings. The lowest BCUT2D eigenvalue weighted by molar-refractivity contribution is 0.0620. The van der Waals surface area contributed by atoms with E-state index in [1.165, 1.54) is 17.7 Å². The average molecular weight is 388 g/mol. The number of nitrogens with zero attached hydrogens (tertiary/aromatic N) is 2. The summed E-state index contributed by atoms with van der Waals surface area (Å²) in [6.45, 7) is 3.16. The summed E-state index contributed by atoms with van der Waals surface area (Å²) < 4.78 is 6.58. The Morgan fingerprint density at radius 1 is 1.22 bits per heavy atom. The summed E-state index contributed by atoms with van der Waals surface area (Å²) in [5.41, 5.74) is 0.817. The van der Waals surface area contributed by atoms with Gasteiger partial charge >= 0.3 is 0 Å². The van der Waals surface area contributed by atoms with Gasteiger partial charge in [0.05, 0.1) is 23.4 Å². The van der Waals surface area contributed by atoms with Gasteiger partial charge in [-0.15, -0.1) is 0 Å². The number of ether oxygens (including phenoxy) is 1. The SMILES string of the molecule is COc1ccc(-n2cc(C(=O)NC3CN4CCC3CC4)ccc2=O)cc1Cl. The Balaban J connectivity index is 1.57. The number of benzene rings is 1. The zero-order valence-electron chi connectivity index (χ0n) is 15.2. The molecular weight excluding hydrogens is 366 g/mol. The smallest absolute Gasteiger partial charge is 0.255 e. The molecule has 1 N–H and O–H groups in total. The van der Waals surface area contributed by atoms with Crippen LogP contribution in [-0.2, 0) is 0 Å². The highest BCUT2D eigenvalue weighted by molar-refractivity contribution is 6.32. The van der Waals surface area contributed by atoms with Crippen molar-refractivity contribution >= 4 is 17.5 Å². The summed E-state index contributed by atoms with van der Waals surface area (Å²) in [7, 11) is 1.53. The van der Waals surface area contributed by atoms with E-state index in [9.17, 15) is 9.59 Å². The normalized spacial score (nSPS) is 23.9. The number of pyridine rings is 1. The Morgan fingerprint density at radius 2 is 2.00 bits per heavy atom. The first kappa shape index (κ1) is 18.1. The van der Waals surface area contributed by atoms with Crippen LogP contribution < -0.4 is 15.6 Å². The van der Waals surface area contributed by atoms with E-state index in [-0.39, 0.29) is 17.5 Å². The molecule has 27 heavy (non-hydrogen) atoms. The van der Waals surface area contributed by atoms with E-state index in [2.05, 4.69) is 10.2 Å². The fourth-order valence-electron chi connectivity index (χ4n) is 4.01. The van der Waals surface area contributed by atoms with Crippen LogP contribution in [0.3, 0.4) is 0 Å². The molecule has 1 aromatic carbocycles. The van der Waals surface area contributed by atoms with E-state index in [1.54, 1.807) is 30.5 Å². The zero-order chi connectivity index (χ0) is 19.0. The van der Waals surface area contributed by atoms with E-state index < -0.39 is 0 Å². The molecule has 3 fully saturated rings. The van der Waals surface area contributed by atoms with Gasteiger partial charge in [0, 0.05) is 24.8 Å². The number of carbonyl (C=O) groups excluding carboxylic acids is 1. The van der Waals surface area contributed by atoms with Crippen molar-refractivity contribution in [2.45, 2.75) is 18.9 Å². The van der Waals surface area contributed by atoms with Crippen LogP contribution >= 0.6 is 11.6 Å². The van der Waals surface area contributed by atoms with E-state index >= 15 is 0 Å². The molecule has 0 spiro atoms. The minimum atomic E-state index is -0.226. The van der Waals surface area contributed by atoms with Gasteiger partial charge in [-0.2, -0.15) is 0 Å². The van der Waals surface area contributed by atoms with E-state index in [0.29, 0.717) is 27.9 Å². The topological polar surface area (TPSA) is 63.6 Å². The number of nitrogens with one attached hydrogen (secondary N) is 1. The monoisotopic (exact) mass is 387 g/mol. The molecule has 0 aliphatic carbocycles. The van der Waals surface area contributed by atoms with Gasteiger partial charge in [-0.25, -0.2) is 0 Å². The molecule has 3 aliphatic heterocycles. The van der Waals surface area contributed by atoms with Crippen molar-refractivity contribution in [3.8, 4) is 11.4 Å². The number of hydrogen-bond donors (Lipinski definition) is 1. The summed E-state index contributed by atoms with van der Waals surface area (Å²) in [6, 6.07) is 8.24. The van der Waals surface area contributed by atoms with Gasteiger partial charge in [0.1, 0.15) is 5.75 Å². The number of halogens is 1. The highest BCUT2D eigenvalue weighted by Gasteiger charge is 2.35. The molecule has 0 saturated carbocycles. The zero-order valence-corrected chi connectivity index (χ0v) is 15.9. The summed E-state index contributed by atoms with van der Waals surface area (Å²) >= 11 is 6.17. The molecule has 1 amide bonds. The molecule has 1 aromatic heterocycles. The first-order valence-electron chi connectivity index (χ1n) is 9.15. The molecule has 6 nitrogen and oxygen atoms in total. The predicted octanol–water partition coefficient (Wildman–Crippen LogP) is 2.32. The second-order valence-electron chi connectivity index (χ2n) is 7.16. The first-order valence-corrected chi connectivity index (χ1v) is 9.53. The van der Waals surface area contributed by atoms with Crippen LogP contribution in [-0.4, -0.2) is 48.2 Å². The van der Waals surface area contributed by atoms with Crippen LogP contribution in [0.5, 0.6) is 5.75 Å². The van der Waals surface area contributed by atoms with Gasteiger partial charge < -0.3 is 15.0 Å². The average Bonchev–Trinajstić information content (AvgIpc) is 2.69. The number of fused-ring (bicyclic) bond motifs is 3. The number of aromatic nitrogens is 1. The summed E-state index contributed by atoms with van der Waals surface area (Å²) in [5.74, 6) is 0.928. The van der Waals surface area contributed by atoms with Gasteiger partial charge in [0.25, 0.3) is 11.5 Å². The molecule has 7 heteroatoms. The highest BCUT2D eigenvalue weighted by atomic mass is 35.5. The molecule has 2 aromatic rings. The summed E-state index contributed by atoms with van der Waals surface area (Å²) in [6.07, 6.45) is 3.83. The number of piperidine rings is 3. The molecule has 3 saturated heterocycles. The largest absolute Gasteiger partial charge is 0.495 e. The van der Waals surface area contributed by atoms with Crippen LogP contribution in [0.25, 0.3) is 5.69 Å². The van der Waals surface area contributed by atoms with Crippen LogP contribution in [0.15, 0.2) is 41.3 Å². The molecule has 142 valence electrons. The Labute approximate surface area is 162 Å². The fraction of sp³-hybridized carbons (Fsp3) is 0.400. The third kappa shape index (κ3) is 3.59. The lowest BCUT2D eigenvalue weighted by Crippen LogP contribution is -2.57. The standard InChI is InChI=1S/C20H22ClN3O3/c1-27-18-4-3-15(10-16(18)21)24-11-14(2-5-19(24)25)20(26)22-17-12-23-8-6-13(17)7-9-23/h2-5,10-11,13,17H,6-9,12H2,1H3,(H,22,26). The summed E-state index contributed by atoms with van der Waals surface area (Å²) in [5, 5.41) is 3.56. The van der Waals surface area contributed by atoms with E-state index in [0.717, 1.165) is 32.5 Å². The van der Waals surface area contributed by atoms with Crippen LogP contribution in [0.2, 0.25) is 5.02 Å². The van der Waals surface area contributed by atoms with E-state index in [4.69, 9.17) is 16.3 Å². The van der Waals surface area contributed by atoms with Gasteiger partial charge in [-0.1, -0.05) is 11.6 Å². The second-order valence-corrected chi connectivity index (χ2v) is 7.57. The Hall–Kier alpha value is -2.31. The quantitative estimate of drug-likeness (QED) is 0.874. The maximum Gasteiger partial charge on any atom is 0.255 e. The minimum Gasteiger partial charge on any atom is -0.495 e. The summed E-state index contributed by atoms with van der Waals surface area (Å²) in [4.78, 5) is 27.5. The Morgan fingerprint density at radius 3 is 2.63 bits per heavy atom. The fourth-order valence-corrected chi connectivity index (χ4v) is 4.26. The minimum absolute atomic E-state index is 0.151. The lowest BCUT2D eigenvalue weighted by Gasteiger charge is -2.44. The Bertz CT molecular complexity index is 919.